The fourth-order valence-corrected chi connectivity index (χ4v) is 4.11. The summed E-state index contributed by atoms with van der Waals surface area (Å²) in [6, 6.07) is 2.13. The quantitative estimate of drug-likeness (QED) is 0.851. The van der Waals surface area contributed by atoms with Crippen molar-refractivity contribution < 1.29 is 4.79 Å². The van der Waals surface area contributed by atoms with E-state index in [0.29, 0.717) is 18.2 Å². The largest absolute Gasteiger partial charge is 0.340 e. The Hall–Kier alpha value is -2.02. The third kappa shape index (κ3) is 2.56. The molecule has 2 aromatic rings. The zero-order chi connectivity index (χ0) is 16.7. The summed E-state index contributed by atoms with van der Waals surface area (Å²) in [7, 11) is 0. The lowest BCUT2D eigenvalue weighted by Gasteiger charge is -2.41. The van der Waals surface area contributed by atoms with Crippen molar-refractivity contribution in [1.82, 2.24) is 29.4 Å². The van der Waals surface area contributed by atoms with Crippen molar-refractivity contribution in [3.8, 4) is 0 Å². The van der Waals surface area contributed by atoms with E-state index in [0.717, 1.165) is 44.7 Å². The molecule has 0 saturated carbocycles. The van der Waals surface area contributed by atoms with Crippen LogP contribution in [0.15, 0.2) is 18.5 Å². The summed E-state index contributed by atoms with van der Waals surface area (Å²) in [6.07, 6.45) is 6.63. The Kier molecular flexibility index (Phi) is 3.75. The van der Waals surface area contributed by atoms with Gasteiger partial charge in [0.15, 0.2) is 5.82 Å². The van der Waals surface area contributed by atoms with E-state index in [-0.39, 0.29) is 11.5 Å². The highest BCUT2D eigenvalue weighted by Crippen LogP contribution is 2.40. The number of amides is 1. The summed E-state index contributed by atoms with van der Waals surface area (Å²) in [6.45, 7) is 7.55. The highest BCUT2D eigenvalue weighted by Gasteiger charge is 2.48. The number of fused-ring (bicyclic) bond motifs is 1. The van der Waals surface area contributed by atoms with Crippen LogP contribution in [0.4, 0.5) is 0 Å². The molecule has 4 rings (SSSR count). The van der Waals surface area contributed by atoms with E-state index in [9.17, 15) is 4.79 Å². The average molecular weight is 328 g/mol. The van der Waals surface area contributed by atoms with Crippen molar-refractivity contribution in [3.63, 3.8) is 0 Å². The summed E-state index contributed by atoms with van der Waals surface area (Å²) in [4.78, 5) is 26.0. The first kappa shape index (κ1) is 15.5. The first-order chi connectivity index (χ1) is 11.6. The molecule has 128 valence electrons. The van der Waals surface area contributed by atoms with Gasteiger partial charge >= 0.3 is 0 Å². The van der Waals surface area contributed by atoms with Crippen LogP contribution in [0.3, 0.4) is 0 Å². The molecule has 1 unspecified atom stereocenters. The predicted octanol–water partition coefficient (Wildman–Crippen LogP) is 1.35. The molecule has 24 heavy (non-hydrogen) atoms. The van der Waals surface area contributed by atoms with Crippen LogP contribution in [0.5, 0.6) is 0 Å². The average Bonchev–Trinajstić information content (AvgIpc) is 3.14. The van der Waals surface area contributed by atoms with Gasteiger partial charge in [-0.1, -0.05) is 0 Å². The molecule has 7 nitrogen and oxygen atoms in total. The maximum atomic E-state index is 13.0. The molecule has 1 spiro atoms. The maximum Gasteiger partial charge on any atom is 0.252 e. The highest BCUT2D eigenvalue weighted by atomic mass is 16.2. The number of aromatic nitrogens is 4. The Balaban J connectivity index is 1.48. The third-order valence-electron chi connectivity index (χ3n) is 5.35. The van der Waals surface area contributed by atoms with E-state index in [1.165, 1.54) is 0 Å². The standard InChI is InChI=1S/C17H24N6O/c1-13(2)22-8-3-5-17(15(22)24)6-10-21(12-17)11-14-19-16-18-7-4-9-23(16)20-14/h4,7,9,13H,3,5-6,8,10-12H2,1-2H3. The molecule has 0 aromatic carbocycles. The lowest BCUT2D eigenvalue weighted by atomic mass is 9.78. The number of hydrogen-bond donors (Lipinski definition) is 0. The highest BCUT2D eigenvalue weighted by molar-refractivity contribution is 5.84. The topological polar surface area (TPSA) is 66.6 Å². The molecule has 2 aliphatic heterocycles. The molecular formula is C17H24N6O. The van der Waals surface area contributed by atoms with Gasteiger partial charge in [0, 0.05) is 31.5 Å². The fraction of sp³-hybridized carbons (Fsp3) is 0.647. The molecule has 0 radical (unpaired) electrons. The molecule has 0 aliphatic carbocycles. The number of hydrogen-bond acceptors (Lipinski definition) is 5. The van der Waals surface area contributed by atoms with Crippen LogP contribution in [0.1, 0.15) is 38.9 Å². The number of carbonyl (C=O) groups excluding carboxylic acids is 1. The number of nitrogens with zero attached hydrogens (tertiary/aromatic N) is 6. The Bertz CT molecular complexity index is 723. The number of likely N-dealkylation sites (tertiary alicyclic amines) is 2. The molecule has 2 aliphatic rings. The predicted molar refractivity (Wildman–Crippen MR) is 89.2 cm³/mol. The molecule has 4 heterocycles. The van der Waals surface area contributed by atoms with Crippen LogP contribution < -0.4 is 0 Å². The van der Waals surface area contributed by atoms with Gasteiger partial charge in [0.25, 0.3) is 5.78 Å². The second kappa shape index (κ2) is 5.81. The van der Waals surface area contributed by atoms with Gasteiger partial charge in [0.2, 0.25) is 5.91 Å². The van der Waals surface area contributed by atoms with E-state index in [4.69, 9.17) is 0 Å². The summed E-state index contributed by atoms with van der Waals surface area (Å²) < 4.78 is 1.70. The molecule has 2 aromatic heterocycles. The Morgan fingerprint density at radius 1 is 1.29 bits per heavy atom. The van der Waals surface area contributed by atoms with E-state index in [1.807, 2.05) is 12.3 Å². The van der Waals surface area contributed by atoms with E-state index in [2.05, 4.69) is 38.7 Å². The van der Waals surface area contributed by atoms with Crippen molar-refractivity contribution in [3.05, 3.63) is 24.3 Å². The van der Waals surface area contributed by atoms with Crippen LogP contribution in [-0.2, 0) is 11.3 Å². The van der Waals surface area contributed by atoms with Crippen LogP contribution in [-0.4, -0.2) is 61.0 Å². The lowest BCUT2D eigenvalue weighted by Crippen LogP contribution is -2.52. The SMILES string of the molecule is CC(C)N1CCCC2(CCN(Cc3nc4ncccn4n3)C2)C1=O. The molecule has 7 heteroatoms. The van der Waals surface area contributed by atoms with Crippen molar-refractivity contribution in [2.75, 3.05) is 19.6 Å². The normalized spacial score (nSPS) is 25.5. The van der Waals surface area contributed by atoms with Crippen molar-refractivity contribution in [1.29, 1.82) is 0 Å². The van der Waals surface area contributed by atoms with Gasteiger partial charge in [-0.3, -0.25) is 9.69 Å². The summed E-state index contributed by atoms with van der Waals surface area (Å²) in [5, 5.41) is 4.48. The molecule has 2 saturated heterocycles. The zero-order valence-corrected chi connectivity index (χ0v) is 14.4. The van der Waals surface area contributed by atoms with Gasteiger partial charge < -0.3 is 4.90 Å². The second-order valence-electron chi connectivity index (χ2n) is 7.33. The molecule has 2 fully saturated rings. The minimum absolute atomic E-state index is 0.195. The number of rotatable bonds is 3. The number of carbonyl (C=O) groups is 1. The Morgan fingerprint density at radius 2 is 2.17 bits per heavy atom. The van der Waals surface area contributed by atoms with Gasteiger partial charge in [-0.15, -0.1) is 5.10 Å². The molecule has 1 amide bonds. The first-order valence-electron chi connectivity index (χ1n) is 8.77. The minimum Gasteiger partial charge on any atom is -0.340 e. The summed E-state index contributed by atoms with van der Waals surface area (Å²) in [5.74, 6) is 1.74. The van der Waals surface area contributed by atoms with Crippen LogP contribution in [0, 0.1) is 5.41 Å². The molecule has 0 bridgehead atoms. The third-order valence-corrected chi connectivity index (χ3v) is 5.35. The lowest BCUT2D eigenvalue weighted by molar-refractivity contribution is -0.147. The van der Waals surface area contributed by atoms with E-state index < -0.39 is 0 Å². The molecule has 0 N–H and O–H groups in total. The van der Waals surface area contributed by atoms with Crippen LogP contribution in [0.2, 0.25) is 0 Å². The van der Waals surface area contributed by atoms with Crippen LogP contribution >= 0.6 is 0 Å². The monoisotopic (exact) mass is 328 g/mol. The van der Waals surface area contributed by atoms with Gasteiger partial charge in [0.1, 0.15) is 0 Å². The van der Waals surface area contributed by atoms with Crippen molar-refractivity contribution in [2.45, 2.75) is 45.7 Å². The van der Waals surface area contributed by atoms with Crippen molar-refractivity contribution >= 4 is 11.7 Å². The molecular weight excluding hydrogens is 304 g/mol. The summed E-state index contributed by atoms with van der Waals surface area (Å²) in [5.41, 5.74) is -0.195. The van der Waals surface area contributed by atoms with E-state index in [1.54, 1.807) is 10.7 Å². The first-order valence-corrected chi connectivity index (χ1v) is 8.77. The zero-order valence-electron chi connectivity index (χ0n) is 14.4. The fourth-order valence-electron chi connectivity index (χ4n) is 4.11. The second-order valence-corrected chi connectivity index (χ2v) is 7.33. The maximum absolute atomic E-state index is 13.0. The van der Waals surface area contributed by atoms with Crippen LogP contribution in [0.25, 0.3) is 5.78 Å². The molecule has 1 atom stereocenters. The smallest absolute Gasteiger partial charge is 0.252 e. The van der Waals surface area contributed by atoms with Gasteiger partial charge in [-0.2, -0.15) is 4.98 Å². The van der Waals surface area contributed by atoms with E-state index >= 15 is 0 Å². The van der Waals surface area contributed by atoms with Gasteiger partial charge in [0.05, 0.1) is 12.0 Å². The van der Waals surface area contributed by atoms with Gasteiger partial charge in [-0.05, 0) is 45.7 Å². The summed E-state index contributed by atoms with van der Waals surface area (Å²) >= 11 is 0. The van der Waals surface area contributed by atoms with Crippen molar-refractivity contribution in [2.24, 2.45) is 5.41 Å². The Morgan fingerprint density at radius 3 is 2.96 bits per heavy atom. The number of piperidine rings is 1. The Labute approximate surface area is 141 Å². The minimum atomic E-state index is -0.195. The van der Waals surface area contributed by atoms with Gasteiger partial charge in [-0.25, -0.2) is 9.50 Å².